The molecule has 4 rings (SSSR count). The molecule has 0 N–H and O–H groups in total. The summed E-state index contributed by atoms with van der Waals surface area (Å²) in [5.41, 5.74) is 0.660. The number of hydrogen-bond donors (Lipinski definition) is 0. The summed E-state index contributed by atoms with van der Waals surface area (Å²) in [7, 11) is 0. The zero-order chi connectivity index (χ0) is 16.4. The monoisotopic (exact) mass is 316 g/mol. The predicted octanol–water partition coefficient (Wildman–Crippen LogP) is 4.80. The normalized spacial score (nSPS) is 52.5. The number of fused-ring (bicyclic) bond motifs is 5. The molecule has 2 heteroatoms. The minimum absolute atomic E-state index is 0.265. The van der Waals surface area contributed by atoms with Crippen molar-refractivity contribution in [2.24, 2.45) is 40.4 Å². The van der Waals surface area contributed by atoms with Gasteiger partial charge < -0.3 is 0 Å². The summed E-state index contributed by atoms with van der Waals surface area (Å²) in [6.45, 7) is 6.74. The molecule has 4 aliphatic carbocycles. The molecule has 0 aromatic carbocycles. The standard InChI is InChI=1S/C21H32O2/c1-13(22)17-6-7-18-16-5-4-14-12-15(23)8-10-20(14,2)19(16)9-11-21(17,18)3/h14,16-19H,4-12H2,1-3H3/t14-,16-,17?,18-,19-,20-,21+/m0/s1. The van der Waals surface area contributed by atoms with E-state index >= 15 is 0 Å². The molecule has 0 radical (unpaired) electrons. The Balaban J connectivity index is 1.63. The molecule has 7 atom stereocenters. The van der Waals surface area contributed by atoms with Gasteiger partial charge in [0.1, 0.15) is 11.6 Å². The van der Waals surface area contributed by atoms with Crippen LogP contribution in [-0.4, -0.2) is 11.6 Å². The van der Waals surface area contributed by atoms with Gasteiger partial charge in [-0.25, -0.2) is 0 Å². The Kier molecular flexibility index (Phi) is 3.56. The van der Waals surface area contributed by atoms with Gasteiger partial charge in [-0.05, 0) is 86.4 Å². The van der Waals surface area contributed by atoms with E-state index in [-0.39, 0.29) is 5.41 Å². The van der Waals surface area contributed by atoms with E-state index in [4.69, 9.17) is 0 Å². The maximum atomic E-state index is 12.2. The van der Waals surface area contributed by atoms with E-state index in [1.165, 1.54) is 32.1 Å². The van der Waals surface area contributed by atoms with Crippen LogP contribution in [0.4, 0.5) is 0 Å². The summed E-state index contributed by atoms with van der Waals surface area (Å²) in [5.74, 6) is 4.25. The van der Waals surface area contributed by atoms with Crippen molar-refractivity contribution in [1.29, 1.82) is 0 Å². The molecule has 0 saturated heterocycles. The van der Waals surface area contributed by atoms with Crippen LogP contribution in [0, 0.1) is 40.4 Å². The zero-order valence-electron chi connectivity index (χ0n) is 15.1. The molecule has 0 aliphatic heterocycles. The lowest BCUT2D eigenvalue weighted by Gasteiger charge is -2.60. The quantitative estimate of drug-likeness (QED) is 0.696. The number of carbonyl (C=O) groups is 2. The molecule has 4 saturated carbocycles. The van der Waals surface area contributed by atoms with Gasteiger partial charge >= 0.3 is 0 Å². The first-order valence-electron chi connectivity index (χ1n) is 9.88. The Morgan fingerprint density at radius 3 is 2.43 bits per heavy atom. The largest absolute Gasteiger partial charge is 0.300 e. The number of ketones is 2. The van der Waals surface area contributed by atoms with Crippen molar-refractivity contribution < 1.29 is 9.59 Å². The maximum Gasteiger partial charge on any atom is 0.133 e. The van der Waals surface area contributed by atoms with Crippen molar-refractivity contribution in [2.45, 2.75) is 78.6 Å². The molecule has 0 amide bonds. The number of hydrogen-bond acceptors (Lipinski definition) is 2. The highest BCUT2D eigenvalue weighted by molar-refractivity contribution is 5.80. The third-order valence-electron chi connectivity index (χ3n) is 8.97. The molecule has 1 unspecified atom stereocenters. The van der Waals surface area contributed by atoms with Crippen LogP contribution in [0.15, 0.2) is 0 Å². The van der Waals surface area contributed by atoms with Gasteiger partial charge in [-0.3, -0.25) is 9.59 Å². The Morgan fingerprint density at radius 2 is 1.70 bits per heavy atom. The minimum Gasteiger partial charge on any atom is -0.300 e. The van der Waals surface area contributed by atoms with E-state index in [9.17, 15) is 9.59 Å². The molecule has 0 aromatic rings. The van der Waals surface area contributed by atoms with Crippen molar-refractivity contribution in [3.8, 4) is 0 Å². The fourth-order valence-corrected chi connectivity index (χ4v) is 7.71. The van der Waals surface area contributed by atoms with Crippen LogP contribution >= 0.6 is 0 Å². The third-order valence-corrected chi connectivity index (χ3v) is 8.97. The fourth-order valence-electron chi connectivity index (χ4n) is 7.71. The maximum absolute atomic E-state index is 12.2. The lowest BCUT2D eigenvalue weighted by molar-refractivity contribution is -0.143. The van der Waals surface area contributed by atoms with Gasteiger partial charge in [-0.1, -0.05) is 13.8 Å². The number of carbonyl (C=O) groups excluding carboxylic acids is 2. The molecule has 0 spiro atoms. The van der Waals surface area contributed by atoms with E-state index in [1.54, 1.807) is 0 Å². The Hall–Kier alpha value is -0.660. The average Bonchev–Trinajstić information content (AvgIpc) is 2.85. The lowest BCUT2D eigenvalue weighted by Crippen LogP contribution is -2.53. The van der Waals surface area contributed by atoms with Crippen molar-refractivity contribution >= 4 is 11.6 Å². The second-order valence-corrected chi connectivity index (χ2v) is 9.68. The van der Waals surface area contributed by atoms with Crippen LogP contribution in [0.5, 0.6) is 0 Å². The van der Waals surface area contributed by atoms with Crippen molar-refractivity contribution in [3.63, 3.8) is 0 Å². The van der Waals surface area contributed by atoms with Gasteiger partial charge in [0.15, 0.2) is 0 Å². The topological polar surface area (TPSA) is 34.1 Å². The van der Waals surface area contributed by atoms with Gasteiger partial charge in [-0.2, -0.15) is 0 Å². The highest BCUT2D eigenvalue weighted by Crippen LogP contribution is 2.67. The SMILES string of the molecule is CC(=O)C1CC[C@H]2[C@@H]3CC[C@H]4CC(=O)CC[C@]4(C)[C@H]3CC[C@]12C. The molecule has 4 aliphatic rings. The first-order valence-corrected chi connectivity index (χ1v) is 9.88. The molecule has 0 aromatic heterocycles. The fraction of sp³-hybridized carbons (Fsp3) is 0.905. The Morgan fingerprint density at radius 1 is 0.957 bits per heavy atom. The van der Waals surface area contributed by atoms with Gasteiger partial charge in [0.05, 0.1) is 0 Å². The predicted molar refractivity (Wildman–Crippen MR) is 90.9 cm³/mol. The first-order chi connectivity index (χ1) is 10.9. The van der Waals surface area contributed by atoms with Crippen molar-refractivity contribution in [3.05, 3.63) is 0 Å². The zero-order valence-corrected chi connectivity index (χ0v) is 15.1. The van der Waals surface area contributed by atoms with Crippen LogP contribution in [0.2, 0.25) is 0 Å². The van der Waals surface area contributed by atoms with Crippen LogP contribution in [0.25, 0.3) is 0 Å². The second kappa shape index (κ2) is 5.17. The molecular weight excluding hydrogens is 284 g/mol. The highest BCUT2D eigenvalue weighted by Gasteiger charge is 2.60. The minimum atomic E-state index is 0.265. The first kappa shape index (κ1) is 15.8. The molecule has 0 heterocycles. The van der Waals surface area contributed by atoms with E-state index in [0.717, 1.165) is 43.4 Å². The Bertz CT molecular complexity index is 538. The van der Waals surface area contributed by atoms with Gasteiger partial charge in [0.25, 0.3) is 0 Å². The van der Waals surface area contributed by atoms with E-state index in [2.05, 4.69) is 13.8 Å². The average molecular weight is 316 g/mol. The molecule has 2 nitrogen and oxygen atoms in total. The summed E-state index contributed by atoms with van der Waals surface area (Å²) >= 11 is 0. The van der Waals surface area contributed by atoms with Crippen molar-refractivity contribution in [2.75, 3.05) is 0 Å². The van der Waals surface area contributed by atoms with Crippen LogP contribution < -0.4 is 0 Å². The number of Topliss-reactive ketones (excluding diaryl/α,β-unsaturated/α-hetero) is 2. The van der Waals surface area contributed by atoms with E-state index in [0.29, 0.717) is 28.8 Å². The summed E-state index contributed by atoms with van der Waals surface area (Å²) in [5, 5.41) is 0. The Labute approximate surface area is 140 Å². The van der Waals surface area contributed by atoms with E-state index in [1.807, 2.05) is 6.92 Å². The van der Waals surface area contributed by atoms with E-state index < -0.39 is 0 Å². The summed E-state index contributed by atoms with van der Waals surface area (Å²) < 4.78 is 0. The van der Waals surface area contributed by atoms with Gasteiger partial charge in [0, 0.05) is 18.8 Å². The molecule has 23 heavy (non-hydrogen) atoms. The van der Waals surface area contributed by atoms with Crippen molar-refractivity contribution in [1.82, 2.24) is 0 Å². The summed E-state index contributed by atoms with van der Waals surface area (Å²) in [6, 6.07) is 0. The summed E-state index contributed by atoms with van der Waals surface area (Å²) in [6.07, 6.45) is 10.3. The third kappa shape index (κ3) is 2.12. The highest BCUT2D eigenvalue weighted by atomic mass is 16.1. The second-order valence-electron chi connectivity index (χ2n) is 9.68. The molecule has 0 bridgehead atoms. The van der Waals surface area contributed by atoms with Crippen LogP contribution in [0.3, 0.4) is 0 Å². The smallest absolute Gasteiger partial charge is 0.133 e. The molecular formula is C21H32O2. The van der Waals surface area contributed by atoms with Gasteiger partial charge in [0.2, 0.25) is 0 Å². The molecule has 4 fully saturated rings. The lowest BCUT2D eigenvalue weighted by atomic mass is 9.44. The molecule has 128 valence electrons. The van der Waals surface area contributed by atoms with Crippen LogP contribution in [-0.2, 0) is 9.59 Å². The van der Waals surface area contributed by atoms with Crippen LogP contribution in [0.1, 0.15) is 78.6 Å². The number of rotatable bonds is 1. The summed E-state index contributed by atoms with van der Waals surface area (Å²) in [4.78, 5) is 24.1. The van der Waals surface area contributed by atoms with Gasteiger partial charge in [-0.15, -0.1) is 0 Å².